The van der Waals surface area contributed by atoms with Gasteiger partial charge in [-0.15, -0.1) is 0 Å². The maximum absolute atomic E-state index is 13.5. The maximum atomic E-state index is 13.5. The molecule has 1 aromatic heterocycles. The molecule has 0 fully saturated rings. The molecule has 2 rings (SSSR count). The van der Waals surface area contributed by atoms with E-state index in [2.05, 4.69) is 14.7 Å². The molecule has 0 saturated heterocycles. The molecule has 0 amide bonds. The van der Waals surface area contributed by atoms with E-state index in [0.29, 0.717) is 0 Å². The van der Waals surface area contributed by atoms with Gasteiger partial charge in [0.25, 0.3) is 0 Å². The summed E-state index contributed by atoms with van der Waals surface area (Å²) in [6.45, 7) is 1.36. The third-order valence-corrected chi connectivity index (χ3v) is 1.92. The molecule has 1 aromatic carbocycles. The van der Waals surface area contributed by atoms with Gasteiger partial charge in [0.05, 0.1) is 5.56 Å². The van der Waals surface area contributed by atoms with E-state index in [4.69, 9.17) is 0 Å². The average Bonchev–Trinajstić information content (AvgIpc) is 2.67. The van der Waals surface area contributed by atoms with Gasteiger partial charge in [0, 0.05) is 5.56 Å². The fraction of sp³-hybridized carbons (Fsp3) is 0.111. The van der Waals surface area contributed by atoms with Crippen molar-refractivity contribution in [3.05, 3.63) is 35.7 Å². The van der Waals surface area contributed by atoms with Gasteiger partial charge in [-0.3, -0.25) is 0 Å². The number of benzene rings is 1. The third kappa shape index (κ3) is 1.26. The Labute approximate surface area is 78.4 Å². The lowest BCUT2D eigenvalue weighted by molar-refractivity contribution is 0.418. The molecule has 0 aliphatic carbocycles. The van der Waals surface area contributed by atoms with Crippen molar-refractivity contribution >= 4 is 0 Å². The summed E-state index contributed by atoms with van der Waals surface area (Å²) >= 11 is 0. The van der Waals surface area contributed by atoms with Gasteiger partial charge in [-0.25, -0.2) is 8.78 Å². The molecule has 0 saturated carbocycles. The second kappa shape index (κ2) is 3.17. The van der Waals surface area contributed by atoms with Gasteiger partial charge < -0.3 is 4.52 Å². The second-order valence-corrected chi connectivity index (χ2v) is 2.79. The highest BCUT2D eigenvalue weighted by molar-refractivity contribution is 5.56. The van der Waals surface area contributed by atoms with Crippen molar-refractivity contribution in [3.8, 4) is 11.4 Å². The summed E-state index contributed by atoms with van der Waals surface area (Å²) in [6.07, 6.45) is 1.09. The minimum atomic E-state index is -0.661. The molecule has 0 aliphatic heterocycles. The van der Waals surface area contributed by atoms with Gasteiger partial charge in [0.15, 0.2) is 0 Å². The molecule has 1 heterocycles. The molecule has 3 nitrogen and oxygen atoms in total. The van der Waals surface area contributed by atoms with Crippen molar-refractivity contribution < 1.29 is 13.3 Å². The molecule has 2 aromatic rings. The Balaban J connectivity index is 2.61. The zero-order valence-corrected chi connectivity index (χ0v) is 7.29. The summed E-state index contributed by atoms with van der Waals surface area (Å²) in [5.41, 5.74) is 0.0879. The zero-order chi connectivity index (χ0) is 10.1. The van der Waals surface area contributed by atoms with Crippen LogP contribution in [0.4, 0.5) is 8.78 Å². The quantitative estimate of drug-likeness (QED) is 0.702. The van der Waals surface area contributed by atoms with E-state index < -0.39 is 11.6 Å². The molecule has 0 bridgehead atoms. The first kappa shape index (κ1) is 8.80. The van der Waals surface area contributed by atoms with Crippen LogP contribution in [0.2, 0.25) is 0 Å². The Morgan fingerprint density at radius 3 is 2.71 bits per heavy atom. The van der Waals surface area contributed by atoms with E-state index >= 15 is 0 Å². The first-order valence-electron chi connectivity index (χ1n) is 3.91. The van der Waals surface area contributed by atoms with E-state index in [1.165, 1.54) is 19.1 Å². The summed E-state index contributed by atoms with van der Waals surface area (Å²) in [5, 5.41) is 3.47. The van der Waals surface area contributed by atoms with Gasteiger partial charge in [-0.2, -0.15) is 4.98 Å². The number of hydrogen-bond donors (Lipinski definition) is 0. The first-order chi connectivity index (χ1) is 6.70. The zero-order valence-electron chi connectivity index (χ0n) is 7.29. The van der Waals surface area contributed by atoms with Gasteiger partial charge in [-0.05, 0) is 19.1 Å². The van der Waals surface area contributed by atoms with Crippen LogP contribution in [0.1, 0.15) is 5.56 Å². The fourth-order valence-electron chi connectivity index (χ4n) is 1.12. The molecular formula is C9H6F2N2O. The smallest absolute Gasteiger partial charge is 0.214 e. The predicted molar refractivity (Wildman–Crippen MR) is 44.4 cm³/mol. The Kier molecular flexibility index (Phi) is 1.99. The highest BCUT2D eigenvalue weighted by Gasteiger charge is 2.13. The number of aromatic nitrogens is 2. The molecular weight excluding hydrogens is 190 g/mol. The molecule has 0 radical (unpaired) electrons. The summed E-state index contributed by atoms with van der Waals surface area (Å²) < 4.78 is 30.8. The van der Waals surface area contributed by atoms with Gasteiger partial charge in [0.1, 0.15) is 11.6 Å². The highest BCUT2D eigenvalue weighted by Crippen LogP contribution is 2.23. The number of hydrogen-bond acceptors (Lipinski definition) is 3. The highest BCUT2D eigenvalue weighted by atomic mass is 19.1. The van der Waals surface area contributed by atoms with Crippen molar-refractivity contribution in [2.24, 2.45) is 0 Å². The van der Waals surface area contributed by atoms with Crippen LogP contribution >= 0.6 is 0 Å². The third-order valence-electron chi connectivity index (χ3n) is 1.92. The van der Waals surface area contributed by atoms with Gasteiger partial charge >= 0.3 is 0 Å². The lowest BCUT2D eigenvalue weighted by Gasteiger charge is -2.01. The van der Waals surface area contributed by atoms with Crippen LogP contribution in [0, 0.1) is 18.6 Å². The maximum Gasteiger partial charge on any atom is 0.214 e. The van der Waals surface area contributed by atoms with E-state index in [1.807, 2.05) is 0 Å². The van der Waals surface area contributed by atoms with E-state index in [0.717, 1.165) is 6.39 Å². The van der Waals surface area contributed by atoms with Crippen molar-refractivity contribution in [2.75, 3.05) is 0 Å². The molecule has 5 heteroatoms. The topological polar surface area (TPSA) is 38.9 Å². The normalized spacial score (nSPS) is 10.5. The van der Waals surface area contributed by atoms with Crippen molar-refractivity contribution in [1.82, 2.24) is 10.1 Å². The number of halogens is 2. The second-order valence-electron chi connectivity index (χ2n) is 2.79. The standard InChI is InChI=1S/C9H6F2N2O/c1-5-7(10)3-2-6(8(5)11)9-12-4-14-13-9/h2-4H,1H3. The van der Waals surface area contributed by atoms with Crippen LogP contribution in [0.25, 0.3) is 11.4 Å². The fourth-order valence-corrected chi connectivity index (χ4v) is 1.12. The molecule has 14 heavy (non-hydrogen) atoms. The first-order valence-corrected chi connectivity index (χ1v) is 3.91. The summed E-state index contributed by atoms with van der Waals surface area (Å²) in [7, 11) is 0. The Morgan fingerprint density at radius 1 is 1.29 bits per heavy atom. The summed E-state index contributed by atoms with van der Waals surface area (Å²) in [4.78, 5) is 3.68. The lowest BCUT2D eigenvalue weighted by Crippen LogP contribution is -1.93. The largest absolute Gasteiger partial charge is 0.342 e. The SMILES string of the molecule is Cc1c(F)ccc(-c2ncon2)c1F. The molecule has 0 spiro atoms. The van der Waals surface area contributed by atoms with Crippen LogP contribution in [0.5, 0.6) is 0 Å². The molecule has 0 aliphatic rings. The van der Waals surface area contributed by atoms with Crippen molar-refractivity contribution in [2.45, 2.75) is 6.92 Å². The monoisotopic (exact) mass is 196 g/mol. The lowest BCUT2D eigenvalue weighted by atomic mass is 10.1. The van der Waals surface area contributed by atoms with Crippen molar-refractivity contribution in [3.63, 3.8) is 0 Å². The van der Waals surface area contributed by atoms with Crippen LogP contribution in [-0.4, -0.2) is 10.1 Å². The van der Waals surface area contributed by atoms with Crippen molar-refractivity contribution in [1.29, 1.82) is 0 Å². The molecule has 0 atom stereocenters. The van der Waals surface area contributed by atoms with Crippen LogP contribution in [-0.2, 0) is 0 Å². The van der Waals surface area contributed by atoms with Crippen LogP contribution in [0.15, 0.2) is 23.0 Å². The number of rotatable bonds is 1. The number of nitrogens with zero attached hydrogens (tertiary/aromatic N) is 2. The Morgan fingerprint density at radius 2 is 2.07 bits per heavy atom. The van der Waals surface area contributed by atoms with E-state index in [9.17, 15) is 8.78 Å². The van der Waals surface area contributed by atoms with E-state index in [-0.39, 0.29) is 17.0 Å². The molecule has 0 N–H and O–H groups in total. The average molecular weight is 196 g/mol. The minimum Gasteiger partial charge on any atom is -0.342 e. The Hall–Kier alpha value is -1.78. The molecule has 0 unspecified atom stereocenters. The van der Waals surface area contributed by atoms with Gasteiger partial charge in [-0.1, -0.05) is 5.16 Å². The predicted octanol–water partition coefficient (Wildman–Crippen LogP) is 2.32. The minimum absolute atomic E-state index is 0.0488. The van der Waals surface area contributed by atoms with E-state index in [1.54, 1.807) is 0 Å². The Bertz CT molecular complexity index is 454. The van der Waals surface area contributed by atoms with Crippen LogP contribution in [0.3, 0.4) is 0 Å². The summed E-state index contributed by atoms with van der Waals surface area (Å²) in [6, 6.07) is 2.45. The molecule has 72 valence electrons. The summed E-state index contributed by atoms with van der Waals surface area (Å²) in [5.74, 6) is -1.13. The van der Waals surface area contributed by atoms with Crippen LogP contribution < -0.4 is 0 Å². The van der Waals surface area contributed by atoms with Gasteiger partial charge in [0.2, 0.25) is 12.2 Å².